The molecule has 5 rings (SSSR count). The molecule has 0 spiro atoms. The number of carbonyl (C=O) groups is 3. The molecule has 0 radical (unpaired) electrons. The van der Waals surface area contributed by atoms with Crippen LogP contribution < -0.4 is 15.0 Å². The summed E-state index contributed by atoms with van der Waals surface area (Å²) in [7, 11) is 0. The molecule has 1 aliphatic carbocycles. The lowest BCUT2D eigenvalue weighted by molar-refractivity contribution is -0.133. The van der Waals surface area contributed by atoms with Gasteiger partial charge in [0.25, 0.3) is 5.56 Å². The molecule has 3 heterocycles. The molecule has 2 aromatic rings. The van der Waals surface area contributed by atoms with Gasteiger partial charge in [-0.2, -0.15) is 9.78 Å². The third-order valence-corrected chi connectivity index (χ3v) is 5.84. The molecule has 1 saturated carbocycles. The van der Waals surface area contributed by atoms with Crippen LogP contribution in [0.2, 0.25) is 0 Å². The van der Waals surface area contributed by atoms with Gasteiger partial charge >= 0.3 is 0 Å². The highest BCUT2D eigenvalue weighted by Gasteiger charge is 2.38. The molecule has 33 heavy (non-hydrogen) atoms. The Morgan fingerprint density at radius 1 is 1.00 bits per heavy atom. The van der Waals surface area contributed by atoms with Gasteiger partial charge in [0.2, 0.25) is 0 Å². The predicted octanol–water partition coefficient (Wildman–Crippen LogP) is 1.56. The number of rotatable bonds is 4. The van der Waals surface area contributed by atoms with Crippen molar-refractivity contribution in [3.8, 4) is 17.2 Å². The number of Topliss-reactive ketones (excluding diaryl/α,β-unsaturated/α-hetero) is 3. The number of aryl methyl sites for hydroxylation is 1. The number of ether oxygens (including phenoxy) is 2. The van der Waals surface area contributed by atoms with Gasteiger partial charge in [0.1, 0.15) is 25.7 Å². The summed E-state index contributed by atoms with van der Waals surface area (Å²) in [5.41, 5.74) is 1.02. The van der Waals surface area contributed by atoms with E-state index in [2.05, 4.69) is 10.3 Å². The summed E-state index contributed by atoms with van der Waals surface area (Å²) in [5, 5.41) is 8.36. The molecule has 10 nitrogen and oxygen atoms in total. The third kappa shape index (κ3) is 3.71. The molecule has 170 valence electrons. The SMILES string of the molecule is Cc1cc(C(=O)C2C(=O)CCCC2=O)c(=O)n(-c2cc3c(c(C4=NOCC4)c2)OCCO3)n1. The molecule has 1 aromatic carbocycles. The Morgan fingerprint density at radius 3 is 2.48 bits per heavy atom. The van der Waals surface area contributed by atoms with Crippen LogP contribution in [-0.4, -0.2) is 52.7 Å². The number of oxime groups is 1. The van der Waals surface area contributed by atoms with Crippen molar-refractivity contribution in [2.45, 2.75) is 32.6 Å². The fourth-order valence-corrected chi connectivity index (χ4v) is 4.29. The molecule has 0 amide bonds. The molecule has 1 aromatic heterocycles. The standard InChI is InChI=1S/C23H21N3O7/c1-12-9-15(21(29)20-17(27)3-2-4-18(20)28)23(30)26(24-12)13-10-14(16-5-6-33-25-16)22-19(11-13)31-7-8-32-22/h9-11,20H,2-8H2,1H3. The summed E-state index contributed by atoms with van der Waals surface area (Å²) in [6, 6.07) is 4.61. The van der Waals surface area contributed by atoms with Gasteiger partial charge in [-0.15, -0.1) is 0 Å². The number of aromatic nitrogens is 2. The minimum Gasteiger partial charge on any atom is -0.486 e. The number of nitrogens with zero attached hydrogens (tertiary/aromatic N) is 3. The number of benzene rings is 1. The average molecular weight is 451 g/mol. The second-order valence-electron chi connectivity index (χ2n) is 8.14. The smallest absolute Gasteiger partial charge is 0.282 e. The first-order valence-corrected chi connectivity index (χ1v) is 10.8. The van der Waals surface area contributed by atoms with Gasteiger partial charge in [-0.3, -0.25) is 19.2 Å². The van der Waals surface area contributed by atoms with Crippen molar-refractivity contribution in [2.75, 3.05) is 19.8 Å². The van der Waals surface area contributed by atoms with E-state index in [1.165, 1.54) is 6.07 Å². The third-order valence-electron chi connectivity index (χ3n) is 5.84. The van der Waals surface area contributed by atoms with Crippen LogP contribution in [0.15, 0.2) is 28.1 Å². The Labute approximate surface area is 188 Å². The minimum absolute atomic E-state index is 0.149. The van der Waals surface area contributed by atoms with Crippen molar-refractivity contribution < 1.29 is 28.7 Å². The topological polar surface area (TPSA) is 126 Å². The van der Waals surface area contributed by atoms with Crippen molar-refractivity contribution in [3.63, 3.8) is 0 Å². The number of hydrogen-bond acceptors (Lipinski definition) is 9. The molecule has 1 fully saturated rings. The Morgan fingerprint density at radius 2 is 1.76 bits per heavy atom. The van der Waals surface area contributed by atoms with E-state index < -0.39 is 28.8 Å². The van der Waals surface area contributed by atoms with Crippen LogP contribution in [0.5, 0.6) is 11.5 Å². The predicted molar refractivity (Wildman–Crippen MR) is 114 cm³/mol. The first-order chi connectivity index (χ1) is 15.9. The zero-order chi connectivity index (χ0) is 23.1. The fourth-order valence-electron chi connectivity index (χ4n) is 4.29. The lowest BCUT2D eigenvalue weighted by atomic mass is 9.82. The zero-order valence-electron chi connectivity index (χ0n) is 18.0. The average Bonchev–Trinajstić information content (AvgIpc) is 3.34. The lowest BCUT2D eigenvalue weighted by Crippen LogP contribution is -2.39. The number of carbonyl (C=O) groups excluding carboxylic acids is 3. The van der Waals surface area contributed by atoms with Gasteiger partial charge in [-0.05, 0) is 25.5 Å². The Balaban J connectivity index is 1.64. The summed E-state index contributed by atoms with van der Waals surface area (Å²) >= 11 is 0. The summed E-state index contributed by atoms with van der Waals surface area (Å²) in [6.07, 6.45) is 1.28. The van der Waals surface area contributed by atoms with Crippen molar-refractivity contribution in [1.82, 2.24) is 9.78 Å². The van der Waals surface area contributed by atoms with Gasteiger partial charge in [0.15, 0.2) is 28.8 Å². The van der Waals surface area contributed by atoms with E-state index in [9.17, 15) is 19.2 Å². The van der Waals surface area contributed by atoms with Crippen LogP contribution in [0.25, 0.3) is 5.69 Å². The van der Waals surface area contributed by atoms with E-state index in [0.717, 1.165) is 4.68 Å². The van der Waals surface area contributed by atoms with E-state index in [0.29, 0.717) is 66.8 Å². The molecular formula is C23H21N3O7. The molecule has 0 unspecified atom stereocenters. The van der Waals surface area contributed by atoms with Crippen LogP contribution in [0.4, 0.5) is 0 Å². The maximum Gasteiger partial charge on any atom is 0.282 e. The van der Waals surface area contributed by atoms with E-state index in [1.54, 1.807) is 19.1 Å². The molecule has 10 heteroatoms. The summed E-state index contributed by atoms with van der Waals surface area (Å²) in [4.78, 5) is 56.2. The van der Waals surface area contributed by atoms with Crippen LogP contribution in [0.3, 0.4) is 0 Å². The summed E-state index contributed by atoms with van der Waals surface area (Å²) < 4.78 is 12.6. The number of fused-ring (bicyclic) bond motifs is 1. The molecule has 2 aliphatic heterocycles. The highest BCUT2D eigenvalue weighted by atomic mass is 16.6. The van der Waals surface area contributed by atoms with E-state index in [1.807, 2.05) is 0 Å². The van der Waals surface area contributed by atoms with Crippen molar-refractivity contribution in [1.29, 1.82) is 0 Å². The quantitative estimate of drug-likeness (QED) is 0.506. The van der Waals surface area contributed by atoms with Gasteiger partial charge in [-0.1, -0.05) is 5.16 Å². The van der Waals surface area contributed by atoms with E-state index >= 15 is 0 Å². The van der Waals surface area contributed by atoms with Crippen LogP contribution in [0.1, 0.15) is 47.3 Å². The highest BCUT2D eigenvalue weighted by Crippen LogP contribution is 2.37. The van der Waals surface area contributed by atoms with Crippen LogP contribution >= 0.6 is 0 Å². The van der Waals surface area contributed by atoms with Crippen molar-refractivity contribution >= 4 is 23.1 Å². The van der Waals surface area contributed by atoms with Gasteiger partial charge < -0.3 is 14.3 Å². The van der Waals surface area contributed by atoms with Crippen molar-refractivity contribution in [3.05, 3.63) is 45.4 Å². The maximum atomic E-state index is 13.3. The number of ketones is 3. The molecule has 0 saturated heterocycles. The fraction of sp³-hybridized carbons (Fsp3) is 0.391. The van der Waals surface area contributed by atoms with Crippen LogP contribution in [0, 0.1) is 12.8 Å². The highest BCUT2D eigenvalue weighted by molar-refractivity contribution is 6.25. The van der Waals surface area contributed by atoms with Crippen molar-refractivity contribution in [2.24, 2.45) is 11.1 Å². The molecular weight excluding hydrogens is 430 g/mol. The largest absolute Gasteiger partial charge is 0.486 e. The first kappa shape index (κ1) is 21.0. The second-order valence-corrected chi connectivity index (χ2v) is 8.14. The monoisotopic (exact) mass is 451 g/mol. The summed E-state index contributed by atoms with van der Waals surface area (Å²) in [6.45, 7) is 2.77. The maximum absolute atomic E-state index is 13.3. The Bertz CT molecular complexity index is 1260. The Hall–Kier alpha value is -3.82. The lowest BCUT2D eigenvalue weighted by Gasteiger charge is -2.22. The summed E-state index contributed by atoms with van der Waals surface area (Å²) in [5.74, 6) is -2.17. The minimum atomic E-state index is -1.43. The molecule has 0 N–H and O–H groups in total. The van der Waals surface area contributed by atoms with E-state index in [-0.39, 0.29) is 18.4 Å². The normalized spacial score (nSPS) is 18.2. The number of hydrogen-bond donors (Lipinski definition) is 0. The van der Waals surface area contributed by atoms with Gasteiger partial charge in [-0.25, -0.2) is 0 Å². The van der Waals surface area contributed by atoms with E-state index in [4.69, 9.17) is 14.3 Å². The second kappa shape index (κ2) is 8.27. The zero-order valence-corrected chi connectivity index (χ0v) is 18.0. The first-order valence-electron chi connectivity index (χ1n) is 10.8. The molecule has 0 bridgehead atoms. The van der Waals surface area contributed by atoms with Crippen LogP contribution in [-0.2, 0) is 14.4 Å². The van der Waals surface area contributed by atoms with Gasteiger partial charge in [0.05, 0.1) is 22.7 Å². The molecule has 0 atom stereocenters. The van der Waals surface area contributed by atoms with Gasteiger partial charge in [0, 0.05) is 30.9 Å². The Kier molecular flexibility index (Phi) is 5.27. The molecule has 3 aliphatic rings.